The topological polar surface area (TPSA) is 71.6 Å². The Morgan fingerprint density at radius 1 is 1.30 bits per heavy atom. The van der Waals surface area contributed by atoms with Crippen molar-refractivity contribution in [1.82, 2.24) is 25.1 Å². The van der Waals surface area contributed by atoms with E-state index in [2.05, 4.69) is 27.5 Å². The van der Waals surface area contributed by atoms with Crippen LogP contribution in [-0.4, -0.2) is 66.6 Å². The number of hydrazine groups is 1. The number of hydrogen-bond acceptors (Lipinski definition) is 6. The van der Waals surface area contributed by atoms with Gasteiger partial charge < -0.3 is 15.4 Å². The van der Waals surface area contributed by atoms with Crippen molar-refractivity contribution in [2.24, 2.45) is 12.8 Å². The van der Waals surface area contributed by atoms with Crippen molar-refractivity contribution in [2.45, 2.75) is 13.0 Å². The smallest absolute Gasteiger partial charge is 0.216 e. The zero-order chi connectivity index (χ0) is 14.7. The fourth-order valence-corrected chi connectivity index (χ4v) is 2.69. The first-order valence-electron chi connectivity index (χ1n) is 7.04. The molecular formula is C13H26N6O. The van der Waals surface area contributed by atoms with Gasteiger partial charge in [0, 0.05) is 39.8 Å². The number of rotatable bonds is 5. The molecule has 1 unspecified atom stereocenters. The van der Waals surface area contributed by atoms with Crippen molar-refractivity contribution in [3.8, 4) is 5.88 Å². The molecule has 0 aliphatic carbocycles. The number of aromatic nitrogens is 2. The largest absolute Gasteiger partial charge is 0.481 e. The minimum Gasteiger partial charge on any atom is -0.481 e. The molecule has 0 aromatic carbocycles. The summed E-state index contributed by atoms with van der Waals surface area (Å²) in [4.78, 5) is 2.32. The summed E-state index contributed by atoms with van der Waals surface area (Å²) in [6.45, 7) is 6.62. The lowest BCUT2D eigenvalue weighted by atomic mass is 10.1. The van der Waals surface area contributed by atoms with Gasteiger partial charge in [-0.15, -0.1) is 0 Å². The Morgan fingerprint density at radius 2 is 1.95 bits per heavy atom. The predicted octanol–water partition coefficient (Wildman–Crippen LogP) is -0.511. The van der Waals surface area contributed by atoms with Crippen LogP contribution in [0.15, 0.2) is 0 Å². The van der Waals surface area contributed by atoms with Gasteiger partial charge in [-0.1, -0.05) is 0 Å². The molecular weight excluding hydrogens is 256 g/mol. The normalized spacial score (nSPS) is 19.2. The molecule has 0 saturated carbocycles. The van der Waals surface area contributed by atoms with Crippen LogP contribution in [0.3, 0.4) is 0 Å². The molecule has 20 heavy (non-hydrogen) atoms. The molecule has 0 spiro atoms. The molecule has 7 heteroatoms. The quantitative estimate of drug-likeness (QED) is 0.758. The standard InChI is InChI=1S/C13H26N6O/c1-10-12(13(20-4)18(3)15-10)11(9-14)16-19-7-5-17(2)6-8-19/h11,16H,5-9,14H2,1-4H3. The Kier molecular flexibility index (Phi) is 4.98. The van der Waals surface area contributed by atoms with Crippen LogP contribution in [0.4, 0.5) is 0 Å². The fraction of sp³-hybridized carbons (Fsp3) is 0.769. The Labute approximate surface area is 120 Å². The zero-order valence-electron chi connectivity index (χ0n) is 12.9. The molecule has 3 N–H and O–H groups in total. The second kappa shape index (κ2) is 6.53. The molecule has 1 fully saturated rings. The number of methoxy groups -OCH3 is 1. The van der Waals surface area contributed by atoms with E-state index >= 15 is 0 Å². The minimum atomic E-state index is 0.0297. The van der Waals surface area contributed by atoms with Crippen molar-refractivity contribution in [2.75, 3.05) is 46.9 Å². The fourth-order valence-electron chi connectivity index (χ4n) is 2.69. The Hall–Kier alpha value is -1.15. The highest BCUT2D eigenvalue weighted by molar-refractivity contribution is 5.34. The van der Waals surface area contributed by atoms with Crippen molar-refractivity contribution >= 4 is 0 Å². The number of nitrogens with two attached hydrogens (primary N) is 1. The summed E-state index contributed by atoms with van der Waals surface area (Å²) in [5.41, 5.74) is 11.5. The molecule has 2 rings (SSSR count). The number of nitrogens with one attached hydrogen (secondary N) is 1. The van der Waals surface area contributed by atoms with Gasteiger partial charge in [0.15, 0.2) is 0 Å². The van der Waals surface area contributed by atoms with Crippen LogP contribution >= 0.6 is 0 Å². The number of nitrogens with zero attached hydrogens (tertiary/aromatic N) is 4. The van der Waals surface area contributed by atoms with Crippen LogP contribution in [0.5, 0.6) is 5.88 Å². The summed E-state index contributed by atoms with van der Waals surface area (Å²) in [5, 5.41) is 6.66. The van der Waals surface area contributed by atoms with E-state index in [1.54, 1.807) is 11.8 Å². The number of aryl methyl sites for hydroxylation is 2. The second-order valence-electron chi connectivity index (χ2n) is 5.34. The third kappa shape index (κ3) is 3.12. The van der Waals surface area contributed by atoms with Gasteiger partial charge in [0.1, 0.15) is 0 Å². The lowest BCUT2D eigenvalue weighted by molar-refractivity contribution is 0.0873. The maximum absolute atomic E-state index is 5.96. The van der Waals surface area contributed by atoms with Gasteiger partial charge in [-0.3, -0.25) is 0 Å². The van der Waals surface area contributed by atoms with E-state index in [9.17, 15) is 0 Å². The molecule has 0 amide bonds. The highest BCUT2D eigenvalue weighted by atomic mass is 16.5. The van der Waals surface area contributed by atoms with E-state index in [4.69, 9.17) is 10.5 Å². The van der Waals surface area contributed by atoms with Crippen LogP contribution < -0.4 is 15.9 Å². The molecule has 1 aromatic rings. The third-order valence-corrected chi connectivity index (χ3v) is 3.83. The average Bonchev–Trinajstić information content (AvgIpc) is 2.72. The molecule has 1 aromatic heterocycles. The van der Waals surface area contributed by atoms with Gasteiger partial charge in [0.25, 0.3) is 0 Å². The summed E-state index contributed by atoms with van der Waals surface area (Å²) in [7, 11) is 5.70. The van der Waals surface area contributed by atoms with Crippen molar-refractivity contribution in [3.05, 3.63) is 11.3 Å². The summed E-state index contributed by atoms with van der Waals surface area (Å²) >= 11 is 0. The van der Waals surface area contributed by atoms with E-state index in [1.165, 1.54) is 0 Å². The maximum atomic E-state index is 5.96. The number of likely N-dealkylation sites (N-methyl/N-ethyl adjacent to an activating group) is 1. The molecule has 0 radical (unpaired) electrons. The first-order valence-corrected chi connectivity index (χ1v) is 7.04. The van der Waals surface area contributed by atoms with E-state index in [1.807, 2.05) is 14.0 Å². The number of hydrogen-bond donors (Lipinski definition) is 2. The summed E-state index contributed by atoms with van der Waals surface area (Å²) in [6, 6.07) is 0.0297. The predicted molar refractivity (Wildman–Crippen MR) is 78.5 cm³/mol. The van der Waals surface area contributed by atoms with E-state index in [-0.39, 0.29) is 6.04 Å². The molecule has 1 atom stereocenters. The number of ether oxygens (including phenoxy) is 1. The molecule has 114 valence electrons. The van der Waals surface area contributed by atoms with Crippen LogP contribution in [0.2, 0.25) is 0 Å². The summed E-state index contributed by atoms with van der Waals surface area (Å²) < 4.78 is 7.23. The van der Waals surface area contributed by atoms with Gasteiger partial charge in [-0.25, -0.2) is 15.1 Å². The SMILES string of the molecule is COc1c(C(CN)NN2CCN(C)CC2)c(C)nn1C. The van der Waals surface area contributed by atoms with Gasteiger partial charge in [-0.2, -0.15) is 5.10 Å². The van der Waals surface area contributed by atoms with Gasteiger partial charge in [0.05, 0.1) is 24.4 Å². The molecule has 2 heterocycles. The van der Waals surface area contributed by atoms with Crippen molar-refractivity contribution < 1.29 is 4.74 Å². The monoisotopic (exact) mass is 282 g/mol. The van der Waals surface area contributed by atoms with Crippen LogP contribution in [0.25, 0.3) is 0 Å². The molecule has 1 aliphatic heterocycles. The molecule has 7 nitrogen and oxygen atoms in total. The number of piperazine rings is 1. The first-order chi connectivity index (χ1) is 9.56. The average molecular weight is 282 g/mol. The Morgan fingerprint density at radius 3 is 2.50 bits per heavy atom. The Balaban J connectivity index is 2.12. The minimum absolute atomic E-state index is 0.0297. The van der Waals surface area contributed by atoms with E-state index in [0.29, 0.717) is 6.54 Å². The first kappa shape index (κ1) is 15.2. The van der Waals surface area contributed by atoms with Crippen LogP contribution in [0, 0.1) is 6.92 Å². The van der Waals surface area contributed by atoms with Crippen molar-refractivity contribution in [1.29, 1.82) is 0 Å². The summed E-state index contributed by atoms with van der Waals surface area (Å²) in [6.07, 6.45) is 0. The van der Waals surface area contributed by atoms with Crippen molar-refractivity contribution in [3.63, 3.8) is 0 Å². The zero-order valence-corrected chi connectivity index (χ0v) is 12.9. The maximum Gasteiger partial charge on any atom is 0.216 e. The molecule has 0 bridgehead atoms. The lowest BCUT2D eigenvalue weighted by Gasteiger charge is -2.35. The second-order valence-corrected chi connectivity index (χ2v) is 5.34. The highest BCUT2D eigenvalue weighted by Crippen LogP contribution is 2.27. The summed E-state index contributed by atoms with van der Waals surface area (Å²) in [5.74, 6) is 0.777. The molecule has 1 aliphatic rings. The lowest BCUT2D eigenvalue weighted by Crippen LogP contribution is -2.52. The highest BCUT2D eigenvalue weighted by Gasteiger charge is 2.25. The van der Waals surface area contributed by atoms with E-state index in [0.717, 1.165) is 43.3 Å². The van der Waals surface area contributed by atoms with E-state index < -0.39 is 0 Å². The van der Waals surface area contributed by atoms with Crippen LogP contribution in [0.1, 0.15) is 17.3 Å². The molecule has 1 saturated heterocycles. The Bertz CT molecular complexity index is 438. The van der Waals surface area contributed by atoms with Crippen LogP contribution in [-0.2, 0) is 7.05 Å². The van der Waals surface area contributed by atoms with Gasteiger partial charge >= 0.3 is 0 Å². The van der Waals surface area contributed by atoms with Gasteiger partial charge in [-0.05, 0) is 14.0 Å². The third-order valence-electron chi connectivity index (χ3n) is 3.83. The van der Waals surface area contributed by atoms with Gasteiger partial charge in [0.2, 0.25) is 5.88 Å².